The van der Waals surface area contributed by atoms with Crippen molar-refractivity contribution in [2.24, 2.45) is 5.92 Å². The van der Waals surface area contributed by atoms with Crippen LogP contribution in [0.15, 0.2) is 18.2 Å². The molecule has 0 aliphatic rings. The molecule has 114 valence electrons. The molecule has 1 N–H and O–H groups in total. The van der Waals surface area contributed by atoms with Gasteiger partial charge in [-0.05, 0) is 33.0 Å². The first-order chi connectivity index (χ1) is 9.36. The number of likely N-dealkylation sites (N-methyl/N-ethyl adjacent to an activating group) is 1. The van der Waals surface area contributed by atoms with E-state index in [1.54, 1.807) is 19.2 Å². The van der Waals surface area contributed by atoms with Crippen molar-refractivity contribution in [3.63, 3.8) is 0 Å². The van der Waals surface area contributed by atoms with Crippen molar-refractivity contribution in [3.05, 3.63) is 29.6 Å². The Morgan fingerprint density at radius 2 is 1.90 bits per heavy atom. The first-order valence-corrected chi connectivity index (χ1v) is 7.10. The van der Waals surface area contributed by atoms with E-state index in [-0.39, 0.29) is 11.9 Å². The third-order valence-corrected chi connectivity index (χ3v) is 3.74. The molecule has 1 aromatic carbocycles. The number of rotatable bonds is 7. The molecule has 0 amide bonds. The summed E-state index contributed by atoms with van der Waals surface area (Å²) in [6.07, 6.45) is 0. The minimum atomic E-state index is -0.227. The molecule has 0 saturated carbocycles. The molecule has 0 aliphatic carbocycles. The quantitative estimate of drug-likeness (QED) is 0.832. The second kappa shape index (κ2) is 7.60. The molecule has 0 aromatic heterocycles. The van der Waals surface area contributed by atoms with Gasteiger partial charge in [0.25, 0.3) is 0 Å². The number of hydrogen-bond acceptors (Lipinski definition) is 3. The van der Waals surface area contributed by atoms with E-state index in [4.69, 9.17) is 4.74 Å². The Morgan fingerprint density at radius 1 is 1.25 bits per heavy atom. The Hall–Kier alpha value is -1.13. The van der Waals surface area contributed by atoms with Crippen LogP contribution in [0.4, 0.5) is 4.39 Å². The van der Waals surface area contributed by atoms with Crippen molar-refractivity contribution >= 4 is 0 Å². The van der Waals surface area contributed by atoms with Crippen LogP contribution >= 0.6 is 0 Å². The lowest BCUT2D eigenvalue weighted by molar-refractivity contribution is 0.219. The molecule has 0 fully saturated rings. The van der Waals surface area contributed by atoms with Gasteiger partial charge in [0.15, 0.2) is 0 Å². The fourth-order valence-corrected chi connectivity index (χ4v) is 2.41. The summed E-state index contributed by atoms with van der Waals surface area (Å²) in [6, 6.07) is 5.41. The topological polar surface area (TPSA) is 24.5 Å². The molecule has 0 spiro atoms. The van der Waals surface area contributed by atoms with Gasteiger partial charge < -0.3 is 15.0 Å². The van der Waals surface area contributed by atoms with Gasteiger partial charge in [0.2, 0.25) is 0 Å². The van der Waals surface area contributed by atoms with Crippen molar-refractivity contribution in [2.75, 3.05) is 27.7 Å². The van der Waals surface area contributed by atoms with Gasteiger partial charge in [0.05, 0.1) is 7.11 Å². The van der Waals surface area contributed by atoms with Crippen LogP contribution in [0.1, 0.15) is 32.4 Å². The average molecular weight is 282 g/mol. The van der Waals surface area contributed by atoms with E-state index in [9.17, 15) is 4.39 Å². The van der Waals surface area contributed by atoms with Gasteiger partial charge in [0, 0.05) is 30.3 Å². The highest BCUT2D eigenvalue weighted by Crippen LogP contribution is 2.22. The van der Waals surface area contributed by atoms with E-state index in [2.05, 4.69) is 38.2 Å². The number of ether oxygens (including phenoxy) is 1. The SMILES string of the molecule is COc1ccc(C(C)NCC(C(C)C)N(C)C)c(F)c1. The molecule has 0 aliphatic heterocycles. The molecule has 0 saturated heterocycles. The molecule has 0 heterocycles. The summed E-state index contributed by atoms with van der Waals surface area (Å²) in [7, 11) is 5.69. The van der Waals surface area contributed by atoms with E-state index < -0.39 is 0 Å². The molecule has 2 unspecified atom stereocenters. The molecule has 0 bridgehead atoms. The minimum absolute atomic E-state index is 0.0258. The van der Waals surface area contributed by atoms with Crippen LogP contribution in [0.5, 0.6) is 5.75 Å². The van der Waals surface area contributed by atoms with Crippen molar-refractivity contribution in [1.82, 2.24) is 10.2 Å². The van der Waals surface area contributed by atoms with Gasteiger partial charge in [-0.1, -0.05) is 19.9 Å². The summed E-state index contributed by atoms with van der Waals surface area (Å²) in [6.45, 7) is 7.21. The standard InChI is InChI=1S/C16H27FN2O/c1-11(2)16(19(4)5)10-18-12(3)14-8-7-13(20-6)9-15(14)17/h7-9,11-12,16,18H,10H2,1-6H3. The van der Waals surface area contributed by atoms with Crippen LogP contribution < -0.4 is 10.1 Å². The second-order valence-electron chi connectivity index (χ2n) is 5.79. The normalized spacial score (nSPS) is 14.7. The Morgan fingerprint density at radius 3 is 2.35 bits per heavy atom. The summed E-state index contributed by atoms with van der Waals surface area (Å²) in [4.78, 5) is 2.20. The van der Waals surface area contributed by atoms with E-state index in [0.29, 0.717) is 23.3 Å². The molecule has 0 radical (unpaired) electrons. The van der Waals surface area contributed by atoms with E-state index in [1.807, 2.05) is 6.92 Å². The first-order valence-electron chi connectivity index (χ1n) is 7.10. The van der Waals surface area contributed by atoms with Crippen molar-refractivity contribution in [1.29, 1.82) is 0 Å². The van der Waals surface area contributed by atoms with Crippen LogP contribution in [-0.4, -0.2) is 38.7 Å². The van der Waals surface area contributed by atoms with Gasteiger partial charge in [-0.15, -0.1) is 0 Å². The van der Waals surface area contributed by atoms with Gasteiger partial charge in [-0.25, -0.2) is 4.39 Å². The smallest absolute Gasteiger partial charge is 0.131 e. The van der Waals surface area contributed by atoms with Crippen LogP contribution in [0.2, 0.25) is 0 Å². The monoisotopic (exact) mass is 282 g/mol. The summed E-state index contributed by atoms with van der Waals surface area (Å²) < 4.78 is 19.0. The number of nitrogens with zero attached hydrogens (tertiary/aromatic N) is 1. The molecule has 1 rings (SSSR count). The van der Waals surface area contributed by atoms with E-state index >= 15 is 0 Å². The lowest BCUT2D eigenvalue weighted by Gasteiger charge is -2.29. The molecule has 4 heteroatoms. The van der Waals surface area contributed by atoms with E-state index in [0.717, 1.165) is 6.54 Å². The van der Waals surface area contributed by atoms with Gasteiger partial charge >= 0.3 is 0 Å². The summed E-state index contributed by atoms with van der Waals surface area (Å²) >= 11 is 0. The Kier molecular flexibility index (Phi) is 6.43. The Labute approximate surface area is 122 Å². The highest BCUT2D eigenvalue weighted by atomic mass is 19.1. The summed E-state index contributed by atoms with van der Waals surface area (Å²) in [5.74, 6) is 0.868. The van der Waals surface area contributed by atoms with Gasteiger partial charge in [-0.2, -0.15) is 0 Å². The number of benzene rings is 1. The number of nitrogens with one attached hydrogen (secondary N) is 1. The second-order valence-corrected chi connectivity index (χ2v) is 5.79. The predicted octanol–water partition coefficient (Wildman–Crippen LogP) is 3.07. The molecule has 2 atom stereocenters. The van der Waals surface area contributed by atoms with Crippen molar-refractivity contribution in [3.8, 4) is 5.75 Å². The lowest BCUT2D eigenvalue weighted by Crippen LogP contribution is -2.42. The number of halogens is 1. The van der Waals surface area contributed by atoms with Crippen LogP contribution in [0, 0.1) is 11.7 Å². The zero-order valence-electron chi connectivity index (χ0n) is 13.4. The fourth-order valence-electron chi connectivity index (χ4n) is 2.41. The zero-order valence-corrected chi connectivity index (χ0v) is 13.4. The first kappa shape index (κ1) is 16.9. The summed E-state index contributed by atoms with van der Waals surface area (Å²) in [5, 5.41) is 3.42. The average Bonchev–Trinajstić information content (AvgIpc) is 2.37. The highest BCUT2D eigenvalue weighted by molar-refractivity contribution is 5.30. The third kappa shape index (κ3) is 4.46. The maximum absolute atomic E-state index is 14.0. The van der Waals surface area contributed by atoms with E-state index in [1.165, 1.54) is 6.07 Å². The lowest BCUT2D eigenvalue weighted by atomic mass is 10.0. The molecule has 3 nitrogen and oxygen atoms in total. The highest BCUT2D eigenvalue weighted by Gasteiger charge is 2.18. The predicted molar refractivity (Wildman–Crippen MR) is 81.7 cm³/mol. The Balaban J connectivity index is 2.69. The maximum atomic E-state index is 14.0. The zero-order chi connectivity index (χ0) is 15.3. The van der Waals surface area contributed by atoms with Crippen LogP contribution in [-0.2, 0) is 0 Å². The minimum Gasteiger partial charge on any atom is -0.497 e. The van der Waals surface area contributed by atoms with Crippen LogP contribution in [0.25, 0.3) is 0 Å². The molecular formula is C16H27FN2O. The van der Waals surface area contributed by atoms with Crippen molar-refractivity contribution in [2.45, 2.75) is 32.9 Å². The third-order valence-electron chi connectivity index (χ3n) is 3.74. The fraction of sp³-hybridized carbons (Fsp3) is 0.625. The molecular weight excluding hydrogens is 255 g/mol. The maximum Gasteiger partial charge on any atom is 0.131 e. The largest absolute Gasteiger partial charge is 0.497 e. The number of methoxy groups -OCH3 is 1. The Bertz CT molecular complexity index is 413. The number of hydrogen-bond donors (Lipinski definition) is 1. The summed E-state index contributed by atoms with van der Waals surface area (Å²) in [5.41, 5.74) is 0.673. The van der Waals surface area contributed by atoms with Gasteiger partial charge in [-0.3, -0.25) is 0 Å². The molecule has 1 aromatic rings. The van der Waals surface area contributed by atoms with Gasteiger partial charge in [0.1, 0.15) is 11.6 Å². The van der Waals surface area contributed by atoms with Crippen LogP contribution in [0.3, 0.4) is 0 Å². The van der Waals surface area contributed by atoms with Crippen molar-refractivity contribution < 1.29 is 9.13 Å². The molecule has 20 heavy (non-hydrogen) atoms.